The summed E-state index contributed by atoms with van der Waals surface area (Å²) in [5.41, 5.74) is 8.77. The normalized spacial score (nSPS) is 14.1. The first kappa shape index (κ1) is 24.7. The van der Waals surface area contributed by atoms with Gasteiger partial charge in [0.05, 0.1) is 22.7 Å². The molecule has 0 aromatic heterocycles. The lowest BCUT2D eigenvalue weighted by Crippen LogP contribution is -2.31. The molecule has 3 aromatic rings. The van der Waals surface area contributed by atoms with E-state index in [1.54, 1.807) is 30.3 Å². The van der Waals surface area contributed by atoms with Crippen LogP contribution in [0.5, 0.6) is 0 Å². The number of benzene rings is 3. The minimum absolute atomic E-state index is 0.0205. The Morgan fingerprint density at radius 2 is 1.67 bits per heavy atom. The number of carbonyl (C=O) groups excluding carboxylic acids is 3. The summed E-state index contributed by atoms with van der Waals surface area (Å²) in [5.74, 6) is -1.28. The van der Waals surface area contributed by atoms with Gasteiger partial charge in [0, 0.05) is 19.8 Å². The number of primary amides is 1. The van der Waals surface area contributed by atoms with E-state index in [1.807, 2.05) is 73.6 Å². The number of hydrogen-bond acceptors (Lipinski definition) is 6. The van der Waals surface area contributed by atoms with E-state index < -0.39 is 5.91 Å². The third kappa shape index (κ3) is 5.64. The molecular weight excluding hydrogens is 474 g/mol. The Hall–Kier alpha value is -4.37. The van der Waals surface area contributed by atoms with Gasteiger partial charge in [-0.3, -0.25) is 19.3 Å². The molecule has 0 spiro atoms. The molecule has 0 unspecified atom stereocenters. The zero-order valence-electron chi connectivity index (χ0n) is 19.8. The van der Waals surface area contributed by atoms with Crippen molar-refractivity contribution >= 4 is 57.8 Å². The quantitative estimate of drug-likeness (QED) is 0.479. The van der Waals surface area contributed by atoms with Gasteiger partial charge in [-0.25, -0.2) is 4.99 Å². The van der Waals surface area contributed by atoms with Gasteiger partial charge in [0.2, 0.25) is 5.91 Å². The van der Waals surface area contributed by atoms with Crippen molar-refractivity contribution in [2.24, 2.45) is 10.7 Å². The molecule has 8 nitrogen and oxygen atoms in total. The van der Waals surface area contributed by atoms with E-state index in [1.165, 1.54) is 4.90 Å². The number of amidine groups is 1. The summed E-state index contributed by atoms with van der Waals surface area (Å²) in [4.78, 5) is 45.7. The highest BCUT2D eigenvalue weighted by atomic mass is 32.2. The maximum absolute atomic E-state index is 13.3. The molecule has 0 saturated carbocycles. The molecule has 1 aliphatic rings. The van der Waals surface area contributed by atoms with Gasteiger partial charge in [-0.1, -0.05) is 54.2 Å². The SMILES string of the molecule is CN(C)c1ccc(/C=C2/N=C(SCC(=O)Nc3ccccc3C(N)=O)N(c3ccccc3)C2=O)cc1. The molecule has 1 heterocycles. The number of nitrogens with one attached hydrogen (secondary N) is 1. The zero-order chi connectivity index (χ0) is 25.7. The summed E-state index contributed by atoms with van der Waals surface area (Å²) in [5, 5.41) is 3.10. The van der Waals surface area contributed by atoms with E-state index in [0.29, 0.717) is 16.5 Å². The molecule has 0 fully saturated rings. The molecule has 1 aliphatic heterocycles. The number of aliphatic imine (C=N–C) groups is 1. The van der Waals surface area contributed by atoms with Gasteiger partial charge in [-0.05, 0) is 48.0 Å². The lowest BCUT2D eigenvalue weighted by molar-refractivity contribution is -0.114. The van der Waals surface area contributed by atoms with Crippen molar-refractivity contribution in [1.29, 1.82) is 0 Å². The lowest BCUT2D eigenvalue weighted by atomic mass is 10.1. The van der Waals surface area contributed by atoms with E-state index in [4.69, 9.17) is 5.73 Å². The predicted molar refractivity (Wildman–Crippen MR) is 146 cm³/mol. The molecule has 0 saturated heterocycles. The second kappa shape index (κ2) is 10.9. The minimum Gasteiger partial charge on any atom is -0.378 e. The maximum atomic E-state index is 13.3. The summed E-state index contributed by atoms with van der Waals surface area (Å²) in [6, 6.07) is 23.5. The van der Waals surface area contributed by atoms with Crippen molar-refractivity contribution < 1.29 is 14.4 Å². The van der Waals surface area contributed by atoms with Crippen molar-refractivity contribution in [3.63, 3.8) is 0 Å². The Bertz CT molecular complexity index is 1350. The summed E-state index contributed by atoms with van der Waals surface area (Å²) >= 11 is 1.13. The van der Waals surface area contributed by atoms with Crippen LogP contribution in [-0.2, 0) is 9.59 Å². The maximum Gasteiger partial charge on any atom is 0.283 e. The highest BCUT2D eigenvalue weighted by Crippen LogP contribution is 2.29. The highest BCUT2D eigenvalue weighted by Gasteiger charge is 2.32. The van der Waals surface area contributed by atoms with Crippen molar-refractivity contribution in [2.45, 2.75) is 0 Å². The average molecular weight is 500 g/mol. The van der Waals surface area contributed by atoms with Crippen LogP contribution >= 0.6 is 11.8 Å². The minimum atomic E-state index is -0.632. The van der Waals surface area contributed by atoms with Crippen LogP contribution in [0.25, 0.3) is 6.08 Å². The standard InChI is InChI=1S/C27H25N5O3S/c1-31(2)19-14-12-18(13-15-19)16-23-26(35)32(20-8-4-3-5-9-20)27(30-23)36-17-24(33)29-22-11-7-6-10-21(22)25(28)34/h3-16H,17H2,1-2H3,(H2,28,34)(H,29,33)/b23-16+. The molecule has 0 radical (unpaired) electrons. The number of carbonyl (C=O) groups is 3. The molecule has 182 valence electrons. The lowest BCUT2D eigenvalue weighted by Gasteiger charge is -2.17. The van der Waals surface area contributed by atoms with Crippen LogP contribution in [0, 0.1) is 0 Å². The fourth-order valence-corrected chi connectivity index (χ4v) is 4.36. The van der Waals surface area contributed by atoms with Crippen molar-refractivity contribution in [3.8, 4) is 0 Å². The fraction of sp³-hybridized carbons (Fsp3) is 0.111. The van der Waals surface area contributed by atoms with Crippen LogP contribution in [0.2, 0.25) is 0 Å². The van der Waals surface area contributed by atoms with E-state index in [0.717, 1.165) is 23.0 Å². The first-order chi connectivity index (χ1) is 17.3. The molecule has 3 amide bonds. The smallest absolute Gasteiger partial charge is 0.283 e. The second-order valence-electron chi connectivity index (χ2n) is 8.13. The van der Waals surface area contributed by atoms with Gasteiger partial charge in [0.1, 0.15) is 5.70 Å². The van der Waals surface area contributed by atoms with Gasteiger partial charge < -0.3 is 16.0 Å². The number of para-hydroxylation sites is 2. The third-order valence-electron chi connectivity index (χ3n) is 5.36. The van der Waals surface area contributed by atoms with Gasteiger partial charge in [0.15, 0.2) is 5.17 Å². The number of nitrogens with zero attached hydrogens (tertiary/aromatic N) is 3. The van der Waals surface area contributed by atoms with Gasteiger partial charge in [-0.15, -0.1) is 0 Å². The van der Waals surface area contributed by atoms with Gasteiger partial charge in [-0.2, -0.15) is 0 Å². The average Bonchev–Trinajstić information content (AvgIpc) is 3.18. The number of anilines is 3. The van der Waals surface area contributed by atoms with Crippen LogP contribution in [0.15, 0.2) is 89.6 Å². The van der Waals surface area contributed by atoms with Crippen LogP contribution in [-0.4, -0.2) is 42.7 Å². The molecule has 4 rings (SSSR count). The topological polar surface area (TPSA) is 108 Å². The number of thioether (sulfide) groups is 1. The van der Waals surface area contributed by atoms with E-state index in [2.05, 4.69) is 10.3 Å². The van der Waals surface area contributed by atoms with E-state index in [9.17, 15) is 14.4 Å². The summed E-state index contributed by atoms with van der Waals surface area (Å²) in [6.07, 6.45) is 1.73. The Labute approximate surface area is 213 Å². The van der Waals surface area contributed by atoms with Crippen molar-refractivity contribution in [1.82, 2.24) is 0 Å². The number of amides is 3. The van der Waals surface area contributed by atoms with Crippen LogP contribution in [0.1, 0.15) is 15.9 Å². The van der Waals surface area contributed by atoms with Crippen LogP contribution in [0.3, 0.4) is 0 Å². The number of nitrogens with two attached hydrogens (primary N) is 1. The Morgan fingerprint density at radius 3 is 2.33 bits per heavy atom. The van der Waals surface area contributed by atoms with Crippen molar-refractivity contribution in [2.75, 3.05) is 35.0 Å². The van der Waals surface area contributed by atoms with Gasteiger partial charge in [0.25, 0.3) is 11.8 Å². The Morgan fingerprint density at radius 1 is 1.00 bits per heavy atom. The van der Waals surface area contributed by atoms with E-state index in [-0.39, 0.29) is 28.8 Å². The molecule has 9 heteroatoms. The number of rotatable bonds is 7. The molecule has 36 heavy (non-hydrogen) atoms. The molecular formula is C27H25N5O3S. The molecule has 3 N–H and O–H groups in total. The fourth-order valence-electron chi connectivity index (χ4n) is 3.55. The molecule has 0 bridgehead atoms. The van der Waals surface area contributed by atoms with Crippen molar-refractivity contribution in [3.05, 3.63) is 95.7 Å². The Balaban J connectivity index is 1.56. The summed E-state index contributed by atoms with van der Waals surface area (Å²) in [6.45, 7) is 0. The second-order valence-corrected chi connectivity index (χ2v) is 9.08. The van der Waals surface area contributed by atoms with E-state index >= 15 is 0 Å². The zero-order valence-corrected chi connectivity index (χ0v) is 20.7. The summed E-state index contributed by atoms with van der Waals surface area (Å²) < 4.78 is 0. The largest absolute Gasteiger partial charge is 0.378 e. The van der Waals surface area contributed by atoms with Gasteiger partial charge >= 0.3 is 0 Å². The first-order valence-corrected chi connectivity index (χ1v) is 12.1. The number of hydrogen-bond donors (Lipinski definition) is 2. The first-order valence-electron chi connectivity index (χ1n) is 11.1. The van der Waals surface area contributed by atoms with Crippen LogP contribution < -0.4 is 20.9 Å². The Kier molecular flexibility index (Phi) is 7.50. The molecule has 0 aliphatic carbocycles. The monoisotopic (exact) mass is 499 g/mol. The molecule has 3 aromatic carbocycles. The predicted octanol–water partition coefficient (Wildman–Crippen LogP) is 3.97. The summed E-state index contributed by atoms with van der Waals surface area (Å²) in [7, 11) is 3.92. The molecule has 0 atom stereocenters. The van der Waals surface area contributed by atoms with Crippen LogP contribution in [0.4, 0.5) is 17.1 Å². The highest BCUT2D eigenvalue weighted by molar-refractivity contribution is 8.14. The third-order valence-corrected chi connectivity index (χ3v) is 6.29.